The first kappa shape index (κ1) is 18.7. The third-order valence-corrected chi connectivity index (χ3v) is 4.77. The number of likely N-dealkylation sites (N-methyl/N-ethyl adjacent to an activating group) is 1. The van der Waals surface area contributed by atoms with Crippen molar-refractivity contribution in [3.05, 3.63) is 40.9 Å². The summed E-state index contributed by atoms with van der Waals surface area (Å²) in [7, 11) is 1.20. The van der Waals surface area contributed by atoms with Crippen LogP contribution in [0, 0.1) is 0 Å². The topological polar surface area (TPSA) is 73.6 Å². The molecule has 0 aliphatic carbocycles. The Morgan fingerprint density at radius 2 is 1.71 bits per heavy atom. The summed E-state index contributed by atoms with van der Waals surface area (Å²) >= 11 is 0. The first-order chi connectivity index (χ1) is 11.2. The van der Waals surface area contributed by atoms with Crippen LogP contribution in [0.1, 0.15) is 38.8 Å². The van der Waals surface area contributed by atoms with Crippen LogP contribution in [0.2, 0.25) is 0 Å². The molecule has 1 aliphatic heterocycles. The predicted molar refractivity (Wildman–Crippen MR) is 97.3 cm³/mol. The fraction of sp³-hybridized carbons (Fsp3) is 0.500. The lowest BCUT2D eigenvalue weighted by Crippen LogP contribution is -2.41. The van der Waals surface area contributed by atoms with Crippen molar-refractivity contribution in [1.82, 2.24) is 5.32 Å². The van der Waals surface area contributed by atoms with Gasteiger partial charge in [-0.3, -0.25) is 4.79 Å². The van der Waals surface area contributed by atoms with Crippen molar-refractivity contribution in [3.8, 4) is 0 Å². The molecular formula is C18H27BN2O3. The van der Waals surface area contributed by atoms with Gasteiger partial charge in [-0.25, -0.2) is 0 Å². The van der Waals surface area contributed by atoms with Gasteiger partial charge >= 0.3 is 7.12 Å². The SMILES string of the molecule is CNC(=O)Cc1ccc(C=C(CN)B2OC(C)(C)C(C)(C)O2)cc1. The highest BCUT2D eigenvalue weighted by molar-refractivity contribution is 6.55. The lowest BCUT2D eigenvalue weighted by Gasteiger charge is -2.32. The number of rotatable bonds is 5. The minimum absolute atomic E-state index is 0.00171. The third-order valence-electron chi connectivity index (χ3n) is 4.77. The molecule has 0 unspecified atom stereocenters. The fourth-order valence-electron chi connectivity index (χ4n) is 2.44. The van der Waals surface area contributed by atoms with Crippen molar-refractivity contribution >= 4 is 19.1 Å². The van der Waals surface area contributed by atoms with E-state index in [1.165, 1.54) is 0 Å². The molecule has 2 rings (SSSR count). The van der Waals surface area contributed by atoms with Crippen LogP contribution in [-0.2, 0) is 20.5 Å². The van der Waals surface area contributed by atoms with Crippen molar-refractivity contribution in [2.45, 2.75) is 45.3 Å². The zero-order valence-electron chi connectivity index (χ0n) is 15.2. The monoisotopic (exact) mass is 330 g/mol. The number of benzene rings is 1. The Morgan fingerprint density at radius 3 is 2.17 bits per heavy atom. The molecule has 1 amide bonds. The Bertz CT molecular complexity index is 608. The molecule has 6 heteroatoms. The largest absolute Gasteiger partial charge is 0.491 e. The van der Waals surface area contributed by atoms with Crippen LogP contribution >= 0.6 is 0 Å². The summed E-state index contributed by atoms with van der Waals surface area (Å²) in [5.74, 6) is -0.00171. The normalized spacial score (nSPS) is 19.4. The van der Waals surface area contributed by atoms with Crippen LogP contribution in [0.5, 0.6) is 0 Å². The maximum Gasteiger partial charge on any atom is 0.491 e. The Morgan fingerprint density at radius 1 is 1.17 bits per heavy atom. The number of nitrogens with two attached hydrogens (primary N) is 1. The van der Waals surface area contributed by atoms with Crippen LogP contribution in [0.4, 0.5) is 0 Å². The van der Waals surface area contributed by atoms with E-state index in [0.717, 1.165) is 16.6 Å². The molecule has 0 bridgehead atoms. The van der Waals surface area contributed by atoms with Gasteiger partial charge in [0.25, 0.3) is 0 Å². The summed E-state index contributed by atoms with van der Waals surface area (Å²) < 4.78 is 12.1. The van der Waals surface area contributed by atoms with Gasteiger partial charge in [-0.05, 0) is 44.3 Å². The third kappa shape index (κ3) is 4.07. The first-order valence-electron chi connectivity index (χ1n) is 8.24. The van der Waals surface area contributed by atoms with Gasteiger partial charge in [-0.1, -0.05) is 30.3 Å². The van der Waals surface area contributed by atoms with E-state index in [1.807, 2.05) is 58.0 Å². The van der Waals surface area contributed by atoms with Gasteiger partial charge in [0.15, 0.2) is 0 Å². The van der Waals surface area contributed by atoms with Crippen molar-refractivity contribution < 1.29 is 14.1 Å². The van der Waals surface area contributed by atoms with E-state index in [4.69, 9.17) is 15.0 Å². The molecule has 1 heterocycles. The van der Waals surface area contributed by atoms with Crippen molar-refractivity contribution in [3.63, 3.8) is 0 Å². The number of hydrogen-bond donors (Lipinski definition) is 2. The van der Waals surface area contributed by atoms with E-state index < -0.39 is 7.12 Å². The number of carbonyl (C=O) groups is 1. The van der Waals surface area contributed by atoms with Crippen molar-refractivity contribution in [1.29, 1.82) is 0 Å². The first-order valence-corrected chi connectivity index (χ1v) is 8.24. The second kappa shape index (κ2) is 7.09. The van der Waals surface area contributed by atoms with Crippen LogP contribution in [0.25, 0.3) is 6.08 Å². The summed E-state index contributed by atoms with van der Waals surface area (Å²) in [6, 6.07) is 7.83. The molecule has 1 aromatic carbocycles. The summed E-state index contributed by atoms with van der Waals surface area (Å²) in [4.78, 5) is 11.4. The summed E-state index contributed by atoms with van der Waals surface area (Å²) in [6.07, 6.45) is 2.37. The molecule has 1 aliphatic rings. The molecule has 3 N–H and O–H groups in total. The highest BCUT2D eigenvalue weighted by Crippen LogP contribution is 2.38. The Hall–Kier alpha value is -1.63. The molecule has 1 fully saturated rings. The lowest BCUT2D eigenvalue weighted by atomic mass is 9.77. The smallest absolute Gasteiger partial charge is 0.400 e. The fourth-order valence-corrected chi connectivity index (χ4v) is 2.44. The average Bonchev–Trinajstić information content (AvgIpc) is 2.74. The van der Waals surface area contributed by atoms with E-state index in [1.54, 1.807) is 7.05 Å². The van der Waals surface area contributed by atoms with E-state index in [0.29, 0.717) is 13.0 Å². The quantitative estimate of drug-likeness (QED) is 0.810. The summed E-state index contributed by atoms with van der Waals surface area (Å²) in [5.41, 5.74) is 8.01. The zero-order chi connectivity index (χ0) is 18.0. The van der Waals surface area contributed by atoms with Gasteiger partial charge in [0.1, 0.15) is 0 Å². The number of nitrogens with one attached hydrogen (secondary N) is 1. The number of carbonyl (C=O) groups excluding carboxylic acids is 1. The molecular weight excluding hydrogens is 303 g/mol. The van der Waals surface area contributed by atoms with Crippen LogP contribution in [0.3, 0.4) is 0 Å². The molecule has 0 spiro atoms. The van der Waals surface area contributed by atoms with Crippen molar-refractivity contribution in [2.75, 3.05) is 13.6 Å². The lowest BCUT2D eigenvalue weighted by molar-refractivity contribution is -0.119. The maximum atomic E-state index is 11.4. The van der Waals surface area contributed by atoms with E-state index in [9.17, 15) is 4.79 Å². The van der Waals surface area contributed by atoms with Gasteiger partial charge < -0.3 is 20.4 Å². The minimum Gasteiger partial charge on any atom is -0.400 e. The molecule has 1 aromatic rings. The number of hydrogen-bond acceptors (Lipinski definition) is 4. The standard InChI is InChI=1S/C18H27BN2O3/c1-17(2)18(3,4)24-19(23-17)15(12-20)10-13-6-8-14(9-7-13)11-16(22)21-5/h6-10H,11-12,20H2,1-5H3,(H,21,22). The van der Waals surface area contributed by atoms with Crippen LogP contribution < -0.4 is 11.1 Å². The van der Waals surface area contributed by atoms with Gasteiger partial charge in [-0.15, -0.1) is 0 Å². The van der Waals surface area contributed by atoms with Gasteiger partial charge in [0, 0.05) is 13.6 Å². The molecule has 1 saturated heterocycles. The molecule has 5 nitrogen and oxygen atoms in total. The van der Waals surface area contributed by atoms with Gasteiger partial charge in [0.05, 0.1) is 17.6 Å². The Labute approximate surface area is 144 Å². The minimum atomic E-state index is -0.439. The molecule has 0 aromatic heterocycles. The summed E-state index contributed by atoms with van der Waals surface area (Å²) in [5, 5.41) is 2.62. The number of amides is 1. The molecule has 130 valence electrons. The molecule has 0 saturated carbocycles. The van der Waals surface area contributed by atoms with Crippen LogP contribution in [-0.4, -0.2) is 37.8 Å². The van der Waals surface area contributed by atoms with Gasteiger partial charge in [-0.2, -0.15) is 0 Å². The second-order valence-electron chi connectivity index (χ2n) is 7.10. The highest BCUT2D eigenvalue weighted by atomic mass is 16.7. The molecule has 0 radical (unpaired) electrons. The molecule has 0 atom stereocenters. The highest BCUT2D eigenvalue weighted by Gasteiger charge is 2.52. The van der Waals surface area contributed by atoms with E-state index >= 15 is 0 Å². The van der Waals surface area contributed by atoms with Crippen molar-refractivity contribution in [2.24, 2.45) is 5.73 Å². The Kier molecular flexibility index (Phi) is 5.53. The van der Waals surface area contributed by atoms with E-state index in [-0.39, 0.29) is 17.1 Å². The molecule has 24 heavy (non-hydrogen) atoms. The predicted octanol–water partition coefficient (Wildman–Crippen LogP) is 1.95. The van der Waals surface area contributed by atoms with E-state index in [2.05, 4.69) is 5.32 Å². The Balaban J connectivity index is 2.15. The second-order valence-corrected chi connectivity index (χ2v) is 7.10. The zero-order valence-corrected chi connectivity index (χ0v) is 15.2. The van der Waals surface area contributed by atoms with Gasteiger partial charge in [0.2, 0.25) is 5.91 Å². The average molecular weight is 330 g/mol. The van der Waals surface area contributed by atoms with Crippen LogP contribution in [0.15, 0.2) is 29.7 Å². The summed E-state index contributed by atoms with van der Waals surface area (Å²) in [6.45, 7) is 8.45. The maximum absolute atomic E-state index is 11.4.